The summed E-state index contributed by atoms with van der Waals surface area (Å²) in [5.74, 6) is 1.87. The number of para-hydroxylation sites is 4. The normalized spacial score (nSPS) is 13.7. The summed E-state index contributed by atoms with van der Waals surface area (Å²) in [4.78, 5) is 5.15. The fourth-order valence-corrected chi connectivity index (χ4v) is 5.94. The van der Waals surface area contributed by atoms with Crippen LogP contribution in [0.2, 0.25) is 0 Å². The summed E-state index contributed by atoms with van der Waals surface area (Å²) in [6.07, 6.45) is 0. The molecule has 0 fully saturated rings. The van der Waals surface area contributed by atoms with Gasteiger partial charge in [-0.05, 0) is 60.2 Å². The van der Waals surface area contributed by atoms with Crippen molar-refractivity contribution in [1.29, 1.82) is 0 Å². The Morgan fingerprint density at radius 3 is 1.67 bits per heavy atom. The Labute approximate surface area is 181 Å². The number of anilines is 2. The Morgan fingerprint density at radius 1 is 0.633 bits per heavy atom. The van der Waals surface area contributed by atoms with Gasteiger partial charge >= 0.3 is 6.85 Å². The van der Waals surface area contributed by atoms with Crippen LogP contribution in [-0.4, -0.2) is 6.85 Å². The summed E-state index contributed by atoms with van der Waals surface area (Å²) in [5.41, 5.74) is 7.56. The average Bonchev–Trinajstić information content (AvgIpc) is 2.76. The van der Waals surface area contributed by atoms with Gasteiger partial charge in [0.05, 0.1) is 0 Å². The predicted octanol–water partition coefficient (Wildman–Crippen LogP) is 5.82. The van der Waals surface area contributed by atoms with Crippen molar-refractivity contribution < 1.29 is 4.74 Å². The van der Waals surface area contributed by atoms with E-state index in [1.807, 2.05) is 23.9 Å². The van der Waals surface area contributed by atoms with E-state index in [4.69, 9.17) is 4.74 Å². The fraction of sp³-hybridized carbons (Fsp3) is 0.0769. The molecule has 0 N–H and O–H groups in total. The molecule has 4 aromatic rings. The van der Waals surface area contributed by atoms with Crippen LogP contribution in [-0.2, 0) is 0 Å². The van der Waals surface area contributed by atoms with Gasteiger partial charge in [-0.3, -0.25) is 0 Å². The van der Waals surface area contributed by atoms with Crippen LogP contribution in [0.5, 0.6) is 11.5 Å². The molecule has 4 aromatic carbocycles. The molecule has 30 heavy (non-hydrogen) atoms. The van der Waals surface area contributed by atoms with E-state index in [2.05, 4.69) is 91.5 Å². The molecule has 0 spiro atoms. The molecule has 0 aliphatic carbocycles. The number of nitrogens with zero attached hydrogens (tertiary/aromatic N) is 1. The summed E-state index contributed by atoms with van der Waals surface area (Å²) in [7, 11) is 0. The van der Waals surface area contributed by atoms with Crippen LogP contribution in [0.1, 0.15) is 11.1 Å². The van der Waals surface area contributed by atoms with Crippen molar-refractivity contribution >= 4 is 40.9 Å². The second kappa shape index (κ2) is 6.71. The number of fused-ring (bicyclic) bond motifs is 4. The number of hydrogen-bond acceptors (Lipinski definition) is 3. The molecule has 0 amide bonds. The molecule has 0 radical (unpaired) electrons. The molecule has 0 unspecified atom stereocenters. The Kier molecular flexibility index (Phi) is 3.97. The maximum atomic E-state index is 6.30. The number of ether oxygens (including phenoxy) is 1. The van der Waals surface area contributed by atoms with E-state index in [1.54, 1.807) is 0 Å². The van der Waals surface area contributed by atoms with Gasteiger partial charge in [0.15, 0.2) is 0 Å². The van der Waals surface area contributed by atoms with Gasteiger partial charge in [0.25, 0.3) is 0 Å². The monoisotopic (exact) mass is 405 g/mol. The summed E-state index contributed by atoms with van der Waals surface area (Å²) in [6, 6.07) is 30.1. The molecule has 2 aliphatic rings. The highest BCUT2D eigenvalue weighted by Crippen LogP contribution is 2.51. The molecule has 6 rings (SSSR count). The third-order valence-corrected chi connectivity index (χ3v) is 7.11. The number of benzene rings is 4. The van der Waals surface area contributed by atoms with Gasteiger partial charge in [0.1, 0.15) is 11.5 Å². The van der Waals surface area contributed by atoms with E-state index in [-0.39, 0.29) is 6.85 Å². The minimum atomic E-state index is 0.0479. The van der Waals surface area contributed by atoms with Crippen LogP contribution in [0.4, 0.5) is 11.4 Å². The molecule has 4 heteroatoms. The molecule has 2 aliphatic heterocycles. The Morgan fingerprint density at radius 2 is 1.13 bits per heavy atom. The van der Waals surface area contributed by atoms with Crippen molar-refractivity contribution in [3.63, 3.8) is 0 Å². The van der Waals surface area contributed by atoms with Gasteiger partial charge in [-0.1, -0.05) is 72.4 Å². The molecule has 144 valence electrons. The molecular weight excluding hydrogens is 385 g/mol. The second-order valence-electron chi connectivity index (χ2n) is 7.90. The first-order chi connectivity index (χ1) is 14.7. The van der Waals surface area contributed by atoms with Crippen molar-refractivity contribution in [2.75, 3.05) is 4.81 Å². The third-order valence-electron chi connectivity index (χ3n) is 6.01. The van der Waals surface area contributed by atoms with Crippen LogP contribution in [0.15, 0.2) is 94.7 Å². The zero-order chi connectivity index (χ0) is 20.2. The SMILES string of the molecule is Cc1cccc2c1N(B1c3ccccc3Oc3ccccc31)c1c(C)cccc1S2. The van der Waals surface area contributed by atoms with Crippen LogP contribution >= 0.6 is 11.8 Å². The standard InChI is InChI=1S/C26H20BNOS/c1-17-9-7-15-23-25(17)28(26-18(2)10-8-16-24(26)30-23)27-19-11-3-5-13-21(19)29-22-14-6-4-12-20(22)27/h3-16H,1-2H3. The van der Waals surface area contributed by atoms with Crippen LogP contribution in [0.25, 0.3) is 0 Å². The van der Waals surface area contributed by atoms with Crippen molar-refractivity contribution in [3.05, 3.63) is 96.1 Å². The van der Waals surface area contributed by atoms with Crippen molar-refractivity contribution in [2.45, 2.75) is 23.6 Å². The molecule has 2 heterocycles. The van der Waals surface area contributed by atoms with Crippen LogP contribution in [0, 0.1) is 13.8 Å². The van der Waals surface area contributed by atoms with E-state index in [9.17, 15) is 0 Å². The van der Waals surface area contributed by atoms with E-state index in [0.29, 0.717) is 0 Å². The highest BCUT2D eigenvalue weighted by molar-refractivity contribution is 7.99. The van der Waals surface area contributed by atoms with Gasteiger partial charge < -0.3 is 9.55 Å². The van der Waals surface area contributed by atoms with E-state index in [1.165, 1.54) is 43.2 Å². The molecule has 0 atom stereocenters. The van der Waals surface area contributed by atoms with Gasteiger partial charge in [-0.25, -0.2) is 0 Å². The lowest BCUT2D eigenvalue weighted by molar-refractivity contribution is 0.487. The average molecular weight is 405 g/mol. The number of rotatable bonds is 1. The molecule has 0 saturated carbocycles. The first-order valence-corrected chi connectivity index (χ1v) is 11.1. The maximum Gasteiger partial charge on any atom is 0.335 e. The first kappa shape index (κ1) is 17.7. The predicted molar refractivity (Wildman–Crippen MR) is 127 cm³/mol. The zero-order valence-corrected chi connectivity index (χ0v) is 17.7. The smallest absolute Gasteiger partial charge is 0.335 e. The van der Waals surface area contributed by atoms with Crippen molar-refractivity contribution in [3.8, 4) is 11.5 Å². The Balaban J connectivity index is 1.70. The fourth-order valence-electron chi connectivity index (χ4n) is 4.70. The number of aryl methyl sites for hydroxylation is 2. The van der Waals surface area contributed by atoms with E-state index < -0.39 is 0 Å². The number of hydrogen-bond donors (Lipinski definition) is 0. The molecule has 0 aromatic heterocycles. The molecule has 2 nitrogen and oxygen atoms in total. The Hall–Kier alpha value is -3.11. The summed E-state index contributed by atoms with van der Waals surface area (Å²) >= 11 is 1.87. The highest BCUT2D eigenvalue weighted by Gasteiger charge is 2.41. The quantitative estimate of drug-likeness (QED) is 0.371. The third kappa shape index (κ3) is 2.53. The zero-order valence-electron chi connectivity index (χ0n) is 16.9. The lowest BCUT2D eigenvalue weighted by Crippen LogP contribution is -2.58. The van der Waals surface area contributed by atoms with Crippen molar-refractivity contribution in [1.82, 2.24) is 0 Å². The lowest BCUT2D eigenvalue weighted by Gasteiger charge is -2.41. The van der Waals surface area contributed by atoms with Gasteiger partial charge in [-0.15, -0.1) is 0 Å². The largest absolute Gasteiger partial charge is 0.458 e. The Bertz CT molecular complexity index is 1200. The summed E-state index contributed by atoms with van der Waals surface area (Å²) in [5, 5.41) is 0. The lowest BCUT2D eigenvalue weighted by atomic mass is 9.47. The second-order valence-corrected chi connectivity index (χ2v) is 8.98. The minimum absolute atomic E-state index is 0.0479. The molecular formula is C26H20BNOS. The summed E-state index contributed by atoms with van der Waals surface area (Å²) in [6.45, 7) is 4.48. The molecule has 0 bridgehead atoms. The minimum Gasteiger partial charge on any atom is -0.458 e. The molecule has 0 saturated heterocycles. The van der Waals surface area contributed by atoms with E-state index >= 15 is 0 Å². The summed E-state index contributed by atoms with van der Waals surface area (Å²) < 4.78 is 6.30. The maximum absolute atomic E-state index is 6.30. The van der Waals surface area contributed by atoms with Crippen molar-refractivity contribution in [2.24, 2.45) is 0 Å². The topological polar surface area (TPSA) is 12.5 Å². The first-order valence-electron chi connectivity index (χ1n) is 10.2. The van der Waals surface area contributed by atoms with Gasteiger partial charge in [0, 0.05) is 21.2 Å². The van der Waals surface area contributed by atoms with Gasteiger partial charge in [-0.2, -0.15) is 0 Å². The van der Waals surface area contributed by atoms with Crippen LogP contribution < -0.4 is 20.5 Å². The van der Waals surface area contributed by atoms with Gasteiger partial charge in [0.2, 0.25) is 0 Å². The van der Waals surface area contributed by atoms with Crippen LogP contribution in [0.3, 0.4) is 0 Å². The van der Waals surface area contributed by atoms with E-state index in [0.717, 1.165) is 11.5 Å². The highest BCUT2D eigenvalue weighted by atomic mass is 32.2.